The number of urea groups is 1. The van der Waals surface area contributed by atoms with Crippen LogP contribution in [0.25, 0.3) is 6.08 Å². The van der Waals surface area contributed by atoms with E-state index in [9.17, 15) is 27.2 Å². The summed E-state index contributed by atoms with van der Waals surface area (Å²) >= 11 is 0. The van der Waals surface area contributed by atoms with Gasteiger partial charge in [0.1, 0.15) is 35.5 Å². The largest absolute Gasteiger partial charge is 0.467 e. The highest BCUT2D eigenvalue weighted by atomic mass is 32.2. The van der Waals surface area contributed by atoms with Crippen LogP contribution in [0.15, 0.2) is 79.9 Å². The van der Waals surface area contributed by atoms with E-state index in [1.54, 1.807) is 36.4 Å². The molecule has 39 heavy (non-hydrogen) atoms. The summed E-state index contributed by atoms with van der Waals surface area (Å²) in [4.78, 5) is 40.5. The van der Waals surface area contributed by atoms with Gasteiger partial charge in [0.2, 0.25) is 0 Å². The molecule has 0 radical (unpaired) electrons. The maximum absolute atomic E-state index is 14.2. The molecule has 6 rings (SSSR count). The molecular weight excluding hydrogens is 531 g/mol. The second-order valence-corrected chi connectivity index (χ2v) is 11.4. The standard InChI is InChI=1S/C26H21FN4O7S/c27-16-5-8-22-19(13-16)26(9-12-39(22,35)36)24(33)30(25(34)28-26)15-23(32)31-20(21-4-2-11-38-21)14-17(29-31)6-7-18-3-1-10-37-18/h1-8,10-11,13,20H,9,12,14-15H2,(H,28,34)/b7-6+/t20-,26-/m0/s1. The maximum atomic E-state index is 14.2. The second-order valence-electron chi connectivity index (χ2n) is 9.35. The van der Waals surface area contributed by atoms with Crippen molar-refractivity contribution in [2.45, 2.75) is 29.3 Å². The van der Waals surface area contributed by atoms with E-state index in [-0.39, 0.29) is 16.9 Å². The lowest BCUT2D eigenvalue weighted by Gasteiger charge is -2.33. The van der Waals surface area contributed by atoms with Gasteiger partial charge in [-0.05, 0) is 61.0 Å². The Labute approximate surface area is 221 Å². The molecule has 13 heteroatoms. The average Bonchev–Trinajstić information content (AvgIpc) is 3.70. The van der Waals surface area contributed by atoms with Gasteiger partial charge in [0.15, 0.2) is 9.84 Å². The average molecular weight is 553 g/mol. The van der Waals surface area contributed by atoms with Gasteiger partial charge in [-0.2, -0.15) is 5.10 Å². The number of sulfone groups is 1. The number of nitrogens with one attached hydrogen (secondary N) is 1. The first-order valence-corrected chi connectivity index (χ1v) is 13.6. The summed E-state index contributed by atoms with van der Waals surface area (Å²) < 4.78 is 50.1. The van der Waals surface area contributed by atoms with E-state index in [1.807, 2.05) is 0 Å². The summed E-state index contributed by atoms with van der Waals surface area (Å²) in [7, 11) is -3.78. The van der Waals surface area contributed by atoms with Gasteiger partial charge in [-0.3, -0.25) is 14.5 Å². The summed E-state index contributed by atoms with van der Waals surface area (Å²) in [5.74, 6) is -1.64. The predicted octanol–water partition coefficient (Wildman–Crippen LogP) is 2.98. The number of amides is 4. The smallest absolute Gasteiger partial charge is 0.325 e. The van der Waals surface area contributed by atoms with Crippen LogP contribution in [0, 0.1) is 5.82 Å². The van der Waals surface area contributed by atoms with Crippen LogP contribution in [0.2, 0.25) is 0 Å². The Morgan fingerprint density at radius 1 is 1.15 bits per heavy atom. The van der Waals surface area contributed by atoms with E-state index in [0.717, 1.165) is 23.2 Å². The normalized spacial score (nSPS) is 23.9. The number of fused-ring (bicyclic) bond motifs is 2. The number of carbonyl (C=O) groups is 3. The van der Waals surface area contributed by atoms with Crippen molar-refractivity contribution in [2.24, 2.45) is 5.10 Å². The molecule has 1 saturated heterocycles. The summed E-state index contributed by atoms with van der Waals surface area (Å²) in [6.45, 7) is -0.667. The van der Waals surface area contributed by atoms with Crippen molar-refractivity contribution in [1.29, 1.82) is 0 Å². The lowest BCUT2D eigenvalue weighted by molar-refractivity contribution is -0.140. The van der Waals surface area contributed by atoms with Crippen LogP contribution in [0.4, 0.5) is 9.18 Å². The fourth-order valence-electron chi connectivity index (χ4n) is 5.10. The molecule has 1 N–H and O–H groups in total. The van der Waals surface area contributed by atoms with Crippen molar-refractivity contribution in [2.75, 3.05) is 12.3 Å². The van der Waals surface area contributed by atoms with Gasteiger partial charge in [0.05, 0.1) is 28.9 Å². The Hall–Kier alpha value is -4.52. The van der Waals surface area contributed by atoms with E-state index in [2.05, 4.69) is 10.4 Å². The molecule has 2 atom stereocenters. The number of carbonyl (C=O) groups excluding carboxylic acids is 3. The van der Waals surface area contributed by atoms with Crippen LogP contribution in [0.5, 0.6) is 0 Å². The molecule has 4 amide bonds. The highest BCUT2D eigenvalue weighted by Crippen LogP contribution is 2.42. The molecule has 3 aliphatic rings. The Kier molecular flexibility index (Phi) is 5.75. The Morgan fingerprint density at radius 2 is 1.95 bits per heavy atom. The number of imide groups is 1. The molecule has 5 heterocycles. The fraction of sp³-hybridized carbons (Fsp3) is 0.231. The number of benzene rings is 1. The molecule has 1 spiro atoms. The molecule has 0 unspecified atom stereocenters. The monoisotopic (exact) mass is 552 g/mol. The van der Waals surface area contributed by atoms with Crippen molar-refractivity contribution in [3.8, 4) is 0 Å². The number of hydrogen-bond donors (Lipinski definition) is 1. The fourth-order valence-corrected chi connectivity index (χ4v) is 6.74. The van der Waals surface area contributed by atoms with Crippen molar-refractivity contribution < 1.29 is 36.0 Å². The van der Waals surface area contributed by atoms with Gasteiger partial charge < -0.3 is 14.2 Å². The molecule has 0 aliphatic carbocycles. The summed E-state index contributed by atoms with van der Waals surface area (Å²) in [6, 6.07) is 8.34. The zero-order chi connectivity index (χ0) is 27.4. The van der Waals surface area contributed by atoms with Gasteiger partial charge in [-0.15, -0.1) is 0 Å². The van der Waals surface area contributed by atoms with Gasteiger partial charge in [-0.25, -0.2) is 22.6 Å². The molecule has 200 valence electrons. The highest BCUT2D eigenvalue weighted by Gasteiger charge is 2.57. The van der Waals surface area contributed by atoms with Crippen molar-refractivity contribution in [3.63, 3.8) is 0 Å². The van der Waals surface area contributed by atoms with Crippen molar-refractivity contribution in [3.05, 3.63) is 84.0 Å². The third kappa shape index (κ3) is 4.14. The molecule has 0 bridgehead atoms. The van der Waals surface area contributed by atoms with Crippen LogP contribution in [-0.2, 0) is 25.0 Å². The molecule has 3 aromatic rings. The molecule has 2 aromatic heterocycles. The summed E-state index contributed by atoms with van der Waals surface area (Å²) in [6.07, 6.45) is 6.39. The third-order valence-electron chi connectivity index (χ3n) is 7.00. The number of rotatable bonds is 5. The van der Waals surface area contributed by atoms with Gasteiger partial charge in [0, 0.05) is 12.0 Å². The van der Waals surface area contributed by atoms with Crippen LogP contribution in [-0.4, -0.2) is 54.2 Å². The number of furan rings is 2. The minimum Gasteiger partial charge on any atom is -0.467 e. The van der Waals surface area contributed by atoms with E-state index in [4.69, 9.17) is 8.83 Å². The lowest BCUT2D eigenvalue weighted by atomic mass is 9.86. The summed E-state index contributed by atoms with van der Waals surface area (Å²) in [5, 5.41) is 8.09. The SMILES string of the molecule is O=C1N[C@]2(CCS(=O)(=O)c3ccc(F)cc32)C(=O)N1CC(=O)N1N=C(/C=C/c2ccco2)C[C@H]1c1ccco1. The third-order valence-corrected chi connectivity index (χ3v) is 8.76. The Balaban J connectivity index is 1.29. The molecule has 1 fully saturated rings. The first kappa shape index (κ1) is 24.8. The van der Waals surface area contributed by atoms with Crippen LogP contribution < -0.4 is 5.32 Å². The van der Waals surface area contributed by atoms with E-state index < -0.39 is 57.4 Å². The Bertz CT molecular complexity index is 1650. The summed E-state index contributed by atoms with van der Waals surface area (Å²) in [5.41, 5.74) is -1.41. The minimum absolute atomic E-state index is 0.153. The predicted molar refractivity (Wildman–Crippen MR) is 133 cm³/mol. The minimum atomic E-state index is -3.78. The van der Waals surface area contributed by atoms with Crippen molar-refractivity contribution >= 4 is 39.5 Å². The van der Waals surface area contributed by atoms with Crippen molar-refractivity contribution in [1.82, 2.24) is 15.2 Å². The van der Waals surface area contributed by atoms with Crippen LogP contribution >= 0.6 is 0 Å². The zero-order valence-corrected chi connectivity index (χ0v) is 21.1. The molecule has 11 nitrogen and oxygen atoms in total. The maximum Gasteiger partial charge on any atom is 0.325 e. The number of nitrogens with zero attached hydrogens (tertiary/aromatic N) is 3. The number of allylic oxidation sites excluding steroid dienone is 1. The first-order valence-electron chi connectivity index (χ1n) is 12.0. The zero-order valence-electron chi connectivity index (χ0n) is 20.2. The van der Waals surface area contributed by atoms with E-state index in [0.29, 0.717) is 28.6 Å². The number of hydrazone groups is 1. The van der Waals surface area contributed by atoms with Gasteiger partial charge >= 0.3 is 6.03 Å². The molecule has 3 aliphatic heterocycles. The molecule has 0 saturated carbocycles. The quantitative estimate of drug-likeness (QED) is 0.379. The number of hydrogen-bond acceptors (Lipinski definition) is 8. The van der Waals surface area contributed by atoms with Gasteiger partial charge in [0.25, 0.3) is 11.8 Å². The Morgan fingerprint density at radius 3 is 2.69 bits per heavy atom. The van der Waals surface area contributed by atoms with Crippen LogP contribution in [0.3, 0.4) is 0 Å². The molecule has 1 aromatic carbocycles. The highest BCUT2D eigenvalue weighted by molar-refractivity contribution is 7.91. The second kappa shape index (κ2) is 9.05. The first-order chi connectivity index (χ1) is 18.7. The van der Waals surface area contributed by atoms with Gasteiger partial charge in [-0.1, -0.05) is 0 Å². The topological polar surface area (TPSA) is 142 Å². The molecular formula is C26H21FN4O7S. The van der Waals surface area contributed by atoms with Crippen LogP contribution in [0.1, 0.15) is 36.0 Å². The lowest BCUT2D eigenvalue weighted by Crippen LogP contribution is -2.49. The number of halogens is 1. The van der Waals surface area contributed by atoms with E-state index >= 15 is 0 Å². The van der Waals surface area contributed by atoms with E-state index in [1.165, 1.54) is 12.5 Å².